The number of rotatable bonds is 3. The highest BCUT2D eigenvalue weighted by Crippen LogP contribution is 2.50. The van der Waals surface area contributed by atoms with Crippen LogP contribution in [0.4, 0.5) is 26.3 Å². The van der Waals surface area contributed by atoms with Crippen molar-refractivity contribution in [3.8, 4) is 11.1 Å². The van der Waals surface area contributed by atoms with Crippen molar-refractivity contribution < 1.29 is 26.3 Å². The largest absolute Gasteiger partial charge is 0.446 e. The van der Waals surface area contributed by atoms with Gasteiger partial charge in [-0.1, -0.05) is 30.3 Å². The quantitative estimate of drug-likeness (QED) is 0.415. The van der Waals surface area contributed by atoms with Gasteiger partial charge in [-0.15, -0.1) is 0 Å². The molecule has 0 atom stereocenters. The van der Waals surface area contributed by atoms with Gasteiger partial charge in [0.1, 0.15) is 0 Å². The predicted molar refractivity (Wildman–Crippen MR) is 84.0 cm³/mol. The first-order chi connectivity index (χ1) is 11.0. The number of alkyl halides is 6. The number of halogens is 6. The molecule has 0 saturated carbocycles. The second kappa shape index (κ2) is 6.92. The van der Waals surface area contributed by atoms with Gasteiger partial charge in [0.15, 0.2) is 0 Å². The third-order valence-corrected chi connectivity index (χ3v) is 4.85. The second-order valence-corrected chi connectivity index (χ2v) is 7.06. The fourth-order valence-corrected chi connectivity index (χ4v) is 3.78. The molecular formula is C16H11F6S2. The first kappa shape index (κ1) is 19.1. The minimum atomic E-state index is -4.71. The molecule has 24 heavy (non-hydrogen) atoms. The number of thioether (sulfide) groups is 2. The van der Waals surface area contributed by atoms with E-state index in [0.29, 0.717) is 16.7 Å². The van der Waals surface area contributed by atoms with Gasteiger partial charge in [-0.2, -0.15) is 26.3 Å². The lowest BCUT2D eigenvalue weighted by Crippen LogP contribution is -2.05. The Labute approximate surface area is 143 Å². The minimum Gasteiger partial charge on any atom is -0.160 e. The van der Waals surface area contributed by atoms with E-state index in [0.717, 1.165) is 0 Å². The van der Waals surface area contributed by atoms with E-state index in [2.05, 4.69) is 6.07 Å². The normalized spacial score (nSPS) is 12.5. The topological polar surface area (TPSA) is 0 Å². The van der Waals surface area contributed by atoms with Crippen LogP contribution in [0.2, 0.25) is 0 Å². The highest BCUT2D eigenvalue weighted by molar-refractivity contribution is 8.03. The Morgan fingerprint density at radius 1 is 0.833 bits per heavy atom. The molecular weight excluding hydrogens is 370 g/mol. The molecule has 2 aromatic carbocycles. The maximum absolute atomic E-state index is 12.9. The molecule has 0 N–H and O–H groups in total. The molecule has 0 amide bonds. The van der Waals surface area contributed by atoms with Crippen molar-refractivity contribution in [3.05, 3.63) is 47.5 Å². The Morgan fingerprint density at radius 3 is 1.88 bits per heavy atom. The van der Waals surface area contributed by atoms with Crippen LogP contribution in [-0.4, -0.2) is 11.0 Å². The molecule has 129 valence electrons. The highest BCUT2D eigenvalue weighted by Gasteiger charge is 2.36. The van der Waals surface area contributed by atoms with Crippen molar-refractivity contribution in [2.75, 3.05) is 0 Å². The predicted octanol–water partition coefficient (Wildman–Crippen LogP) is 6.99. The molecule has 8 heteroatoms. The van der Waals surface area contributed by atoms with E-state index in [9.17, 15) is 26.3 Å². The van der Waals surface area contributed by atoms with Crippen LogP contribution in [0.5, 0.6) is 0 Å². The summed E-state index contributed by atoms with van der Waals surface area (Å²) in [6.45, 7) is 3.41. The van der Waals surface area contributed by atoms with Crippen molar-refractivity contribution in [3.63, 3.8) is 0 Å². The molecule has 0 bridgehead atoms. The van der Waals surface area contributed by atoms with Gasteiger partial charge >= 0.3 is 11.0 Å². The van der Waals surface area contributed by atoms with Gasteiger partial charge in [-0.3, -0.25) is 0 Å². The van der Waals surface area contributed by atoms with Crippen LogP contribution >= 0.6 is 23.5 Å². The maximum Gasteiger partial charge on any atom is 0.446 e. The van der Waals surface area contributed by atoms with Gasteiger partial charge in [-0.25, -0.2) is 0 Å². The van der Waals surface area contributed by atoms with E-state index >= 15 is 0 Å². The Bertz CT molecular complexity index is 714. The molecule has 0 aliphatic carbocycles. The molecule has 2 aromatic rings. The number of hydrogen-bond acceptors (Lipinski definition) is 2. The van der Waals surface area contributed by atoms with Crippen molar-refractivity contribution in [2.45, 2.75) is 34.7 Å². The summed E-state index contributed by atoms with van der Waals surface area (Å²) in [5.41, 5.74) is -7.40. The lowest BCUT2D eigenvalue weighted by molar-refractivity contribution is -0.0346. The van der Waals surface area contributed by atoms with Crippen molar-refractivity contribution in [1.29, 1.82) is 0 Å². The summed E-state index contributed by atoms with van der Waals surface area (Å²) in [7, 11) is 0. The van der Waals surface area contributed by atoms with Crippen LogP contribution in [0.15, 0.2) is 40.1 Å². The summed E-state index contributed by atoms with van der Waals surface area (Å²) in [6, 6.07) is 10.0. The first-order valence-electron chi connectivity index (χ1n) is 6.61. The fraction of sp³-hybridized carbons (Fsp3) is 0.250. The molecule has 2 rings (SSSR count). The van der Waals surface area contributed by atoms with E-state index in [1.54, 1.807) is 32.0 Å². The van der Waals surface area contributed by atoms with Gasteiger partial charge in [-0.05, 0) is 65.7 Å². The average molecular weight is 381 g/mol. The minimum absolute atomic E-state index is 0.124. The SMILES string of the molecule is Cc1cccc(C)c1-c1cc[c]c(SC(F)(F)F)c1SC(F)(F)F. The van der Waals surface area contributed by atoms with Gasteiger partial charge < -0.3 is 0 Å². The summed E-state index contributed by atoms with van der Waals surface area (Å²) >= 11 is -1.13. The molecule has 1 radical (unpaired) electrons. The van der Waals surface area contributed by atoms with E-state index in [1.165, 1.54) is 12.1 Å². The van der Waals surface area contributed by atoms with E-state index in [1.807, 2.05) is 0 Å². The van der Waals surface area contributed by atoms with Crippen LogP contribution in [0.3, 0.4) is 0 Å². The zero-order chi connectivity index (χ0) is 18.1. The van der Waals surface area contributed by atoms with Crippen molar-refractivity contribution >= 4 is 23.5 Å². The van der Waals surface area contributed by atoms with Gasteiger partial charge in [0.2, 0.25) is 0 Å². The molecule has 0 saturated heterocycles. The first-order valence-corrected chi connectivity index (χ1v) is 8.24. The molecule has 0 nitrogen and oxygen atoms in total. The third kappa shape index (κ3) is 4.86. The highest BCUT2D eigenvalue weighted by atomic mass is 32.2. The monoisotopic (exact) mass is 381 g/mol. The van der Waals surface area contributed by atoms with E-state index < -0.39 is 44.3 Å². The molecule has 0 heterocycles. The molecule has 0 aromatic heterocycles. The lowest BCUT2D eigenvalue weighted by atomic mass is 9.96. The fourth-order valence-electron chi connectivity index (χ4n) is 2.31. The lowest BCUT2D eigenvalue weighted by Gasteiger charge is -2.18. The van der Waals surface area contributed by atoms with Crippen LogP contribution in [0.25, 0.3) is 11.1 Å². The standard InChI is InChI=1S/C16H11F6S2/c1-9-5-3-6-10(2)13(9)11-7-4-8-12(23-15(17,18)19)14(11)24-16(20,21)22/h3-7H,1-2H3. The third-order valence-electron chi connectivity index (χ3n) is 3.10. The van der Waals surface area contributed by atoms with Crippen molar-refractivity contribution in [1.82, 2.24) is 0 Å². The Balaban J connectivity index is 2.69. The maximum atomic E-state index is 12.9. The molecule has 0 fully saturated rings. The molecule has 0 spiro atoms. The van der Waals surface area contributed by atoms with Gasteiger partial charge in [0.05, 0.1) is 0 Å². The Morgan fingerprint density at radius 2 is 1.38 bits per heavy atom. The summed E-state index contributed by atoms with van der Waals surface area (Å²) in [6.07, 6.45) is 0. The van der Waals surface area contributed by atoms with Crippen LogP contribution in [0, 0.1) is 19.9 Å². The average Bonchev–Trinajstić information content (AvgIpc) is 2.38. The van der Waals surface area contributed by atoms with Crippen LogP contribution in [0.1, 0.15) is 11.1 Å². The number of hydrogen-bond donors (Lipinski definition) is 0. The molecule has 0 unspecified atom stereocenters. The van der Waals surface area contributed by atoms with E-state index in [4.69, 9.17) is 0 Å². The van der Waals surface area contributed by atoms with E-state index in [-0.39, 0.29) is 5.56 Å². The van der Waals surface area contributed by atoms with Crippen LogP contribution < -0.4 is 0 Å². The zero-order valence-corrected chi connectivity index (χ0v) is 14.1. The number of benzene rings is 2. The smallest absolute Gasteiger partial charge is 0.160 e. The van der Waals surface area contributed by atoms with Crippen LogP contribution in [-0.2, 0) is 0 Å². The summed E-state index contributed by atoms with van der Waals surface area (Å²) < 4.78 is 76.8. The molecule has 0 aliphatic rings. The summed E-state index contributed by atoms with van der Waals surface area (Å²) in [5, 5.41) is 0. The van der Waals surface area contributed by atoms with Crippen molar-refractivity contribution in [2.24, 2.45) is 0 Å². The zero-order valence-electron chi connectivity index (χ0n) is 12.5. The summed E-state index contributed by atoms with van der Waals surface area (Å²) in [5.74, 6) is 0. The van der Waals surface area contributed by atoms with Gasteiger partial charge in [0.25, 0.3) is 0 Å². The van der Waals surface area contributed by atoms with Gasteiger partial charge in [0, 0.05) is 9.79 Å². The number of aryl methyl sites for hydroxylation is 2. The second-order valence-electron chi connectivity index (χ2n) is 4.91. The molecule has 0 aliphatic heterocycles. The Hall–Kier alpha value is -1.28. The Kier molecular flexibility index (Phi) is 5.49. The summed E-state index contributed by atoms with van der Waals surface area (Å²) in [4.78, 5) is -1.06.